The first-order valence-corrected chi connectivity index (χ1v) is 8.43. The highest BCUT2D eigenvalue weighted by Gasteiger charge is 2.39. The molecule has 1 amide bonds. The molecule has 0 N–H and O–H groups in total. The maximum absolute atomic E-state index is 11.9. The van der Waals surface area contributed by atoms with Gasteiger partial charge in [0.25, 0.3) is 0 Å². The maximum Gasteiger partial charge on any atom is 0.237 e. The molecule has 1 fully saturated rings. The smallest absolute Gasteiger partial charge is 0.237 e. The van der Waals surface area contributed by atoms with Gasteiger partial charge in [0.15, 0.2) is 11.6 Å². The Labute approximate surface area is 123 Å². The molecule has 1 aromatic rings. The van der Waals surface area contributed by atoms with Gasteiger partial charge in [0.05, 0.1) is 7.11 Å². The standard InChI is InChI=1S/C10H10BrClN2O4S/c1-18-8-2-6(11)4-13-10(8)14-5-7(3-9(14)15)19(12,16)17/h2,4,7H,3,5H2,1H3. The number of nitrogens with zero attached hydrogens (tertiary/aromatic N) is 2. The summed E-state index contributed by atoms with van der Waals surface area (Å²) in [7, 11) is 2.97. The molecule has 104 valence electrons. The lowest BCUT2D eigenvalue weighted by Crippen LogP contribution is -2.28. The van der Waals surface area contributed by atoms with Crippen LogP contribution in [0.5, 0.6) is 5.75 Å². The summed E-state index contributed by atoms with van der Waals surface area (Å²) in [5.41, 5.74) is 0. The molecule has 19 heavy (non-hydrogen) atoms. The zero-order valence-electron chi connectivity index (χ0n) is 9.84. The molecular weight excluding hydrogens is 360 g/mol. The molecule has 0 aliphatic carbocycles. The number of aromatic nitrogens is 1. The van der Waals surface area contributed by atoms with Crippen LogP contribution in [0.2, 0.25) is 0 Å². The van der Waals surface area contributed by atoms with E-state index < -0.39 is 14.3 Å². The fourth-order valence-electron chi connectivity index (χ4n) is 1.83. The van der Waals surface area contributed by atoms with E-state index in [0.717, 1.165) is 0 Å². The second kappa shape index (κ2) is 5.26. The maximum atomic E-state index is 11.9. The summed E-state index contributed by atoms with van der Waals surface area (Å²) in [5.74, 6) is 0.330. The highest BCUT2D eigenvalue weighted by Crippen LogP contribution is 2.33. The summed E-state index contributed by atoms with van der Waals surface area (Å²) < 4.78 is 28.4. The summed E-state index contributed by atoms with van der Waals surface area (Å²) in [4.78, 5) is 17.2. The Balaban J connectivity index is 2.36. The molecule has 2 rings (SSSR count). The zero-order valence-corrected chi connectivity index (χ0v) is 13.0. The number of halogens is 2. The topological polar surface area (TPSA) is 76.6 Å². The monoisotopic (exact) mass is 368 g/mol. The average molecular weight is 370 g/mol. The van der Waals surface area contributed by atoms with Crippen molar-refractivity contribution in [2.24, 2.45) is 0 Å². The quantitative estimate of drug-likeness (QED) is 0.755. The summed E-state index contributed by atoms with van der Waals surface area (Å²) >= 11 is 3.24. The third-order valence-corrected chi connectivity index (χ3v) is 5.06. The molecule has 0 spiro atoms. The second-order valence-corrected chi connectivity index (χ2v) is 7.81. The predicted molar refractivity (Wildman–Crippen MR) is 74.0 cm³/mol. The van der Waals surface area contributed by atoms with Gasteiger partial charge in [-0.15, -0.1) is 0 Å². The van der Waals surface area contributed by atoms with Crippen LogP contribution in [0.1, 0.15) is 6.42 Å². The van der Waals surface area contributed by atoms with Crippen molar-refractivity contribution in [1.82, 2.24) is 4.98 Å². The van der Waals surface area contributed by atoms with Crippen molar-refractivity contribution in [3.8, 4) is 5.75 Å². The Bertz CT molecular complexity index is 622. The molecule has 1 aliphatic heterocycles. The van der Waals surface area contributed by atoms with Gasteiger partial charge in [-0.3, -0.25) is 9.69 Å². The van der Waals surface area contributed by atoms with E-state index in [4.69, 9.17) is 15.4 Å². The van der Waals surface area contributed by atoms with Gasteiger partial charge < -0.3 is 4.74 Å². The number of hydrogen-bond donors (Lipinski definition) is 0. The van der Waals surface area contributed by atoms with E-state index in [1.54, 1.807) is 6.07 Å². The van der Waals surface area contributed by atoms with Crippen LogP contribution in [-0.4, -0.2) is 38.2 Å². The fourth-order valence-corrected chi connectivity index (χ4v) is 3.17. The second-order valence-electron chi connectivity index (χ2n) is 3.99. The van der Waals surface area contributed by atoms with E-state index in [1.807, 2.05) is 0 Å². The molecule has 6 nitrogen and oxygen atoms in total. The van der Waals surface area contributed by atoms with Crippen LogP contribution in [-0.2, 0) is 13.8 Å². The van der Waals surface area contributed by atoms with Crippen LogP contribution in [0.4, 0.5) is 5.82 Å². The van der Waals surface area contributed by atoms with Gasteiger partial charge in [-0.05, 0) is 22.0 Å². The molecule has 0 aromatic carbocycles. The first-order valence-electron chi connectivity index (χ1n) is 5.26. The molecular formula is C10H10BrClN2O4S. The zero-order chi connectivity index (χ0) is 14.2. The average Bonchev–Trinajstić information content (AvgIpc) is 2.71. The Morgan fingerprint density at radius 3 is 2.79 bits per heavy atom. The number of hydrogen-bond acceptors (Lipinski definition) is 5. The molecule has 2 heterocycles. The Morgan fingerprint density at radius 2 is 2.26 bits per heavy atom. The van der Waals surface area contributed by atoms with Gasteiger partial charge >= 0.3 is 0 Å². The fraction of sp³-hybridized carbons (Fsp3) is 0.400. The minimum Gasteiger partial charge on any atom is -0.493 e. The number of ether oxygens (including phenoxy) is 1. The lowest BCUT2D eigenvalue weighted by molar-refractivity contribution is -0.117. The first kappa shape index (κ1) is 14.5. The van der Waals surface area contributed by atoms with Crippen molar-refractivity contribution in [1.29, 1.82) is 0 Å². The van der Waals surface area contributed by atoms with E-state index in [1.165, 1.54) is 18.2 Å². The summed E-state index contributed by atoms with van der Waals surface area (Å²) in [6.07, 6.45) is 1.36. The Morgan fingerprint density at radius 1 is 1.58 bits per heavy atom. The van der Waals surface area contributed by atoms with Crippen LogP contribution in [0.3, 0.4) is 0 Å². The van der Waals surface area contributed by atoms with E-state index in [0.29, 0.717) is 16.0 Å². The van der Waals surface area contributed by atoms with Crippen molar-refractivity contribution in [2.75, 3.05) is 18.6 Å². The van der Waals surface area contributed by atoms with Crippen LogP contribution in [0, 0.1) is 0 Å². The molecule has 1 unspecified atom stereocenters. The number of rotatable bonds is 3. The normalized spacial score (nSPS) is 19.8. The van der Waals surface area contributed by atoms with Crippen molar-refractivity contribution < 1.29 is 17.9 Å². The van der Waals surface area contributed by atoms with Crippen LogP contribution in [0.15, 0.2) is 16.7 Å². The number of carbonyl (C=O) groups is 1. The van der Waals surface area contributed by atoms with Gasteiger partial charge in [-0.1, -0.05) is 0 Å². The SMILES string of the molecule is COc1cc(Br)cnc1N1CC(S(=O)(=O)Cl)CC1=O. The third-order valence-electron chi connectivity index (χ3n) is 2.76. The van der Waals surface area contributed by atoms with Gasteiger partial charge in [0, 0.05) is 34.3 Å². The first-order chi connectivity index (χ1) is 8.82. The number of amides is 1. The van der Waals surface area contributed by atoms with E-state index >= 15 is 0 Å². The van der Waals surface area contributed by atoms with E-state index in [2.05, 4.69) is 20.9 Å². The lowest BCUT2D eigenvalue weighted by atomic mass is 10.4. The van der Waals surface area contributed by atoms with Crippen molar-refractivity contribution >= 4 is 47.4 Å². The molecule has 9 heteroatoms. The number of pyridine rings is 1. The summed E-state index contributed by atoms with van der Waals surface area (Å²) in [6, 6.07) is 1.65. The summed E-state index contributed by atoms with van der Waals surface area (Å²) in [5, 5.41) is -0.920. The lowest BCUT2D eigenvalue weighted by Gasteiger charge is -2.17. The molecule has 0 radical (unpaired) electrons. The van der Waals surface area contributed by atoms with Gasteiger partial charge in [-0.2, -0.15) is 0 Å². The van der Waals surface area contributed by atoms with Crippen molar-refractivity contribution in [2.45, 2.75) is 11.7 Å². The Hall–Kier alpha value is -0.860. The molecule has 1 aromatic heterocycles. The van der Waals surface area contributed by atoms with E-state index in [9.17, 15) is 13.2 Å². The summed E-state index contributed by atoms with van der Waals surface area (Å²) in [6.45, 7) is -0.0182. The molecule has 0 saturated carbocycles. The number of carbonyl (C=O) groups excluding carboxylic acids is 1. The molecule has 0 bridgehead atoms. The molecule has 1 aliphatic rings. The largest absolute Gasteiger partial charge is 0.493 e. The minimum atomic E-state index is -3.77. The van der Waals surface area contributed by atoms with E-state index in [-0.39, 0.29) is 18.9 Å². The van der Waals surface area contributed by atoms with Gasteiger partial charge in [0.1, 0.15) is 5.25 Å². The Kier molecular flexibility index (Phi) is 4.03. The predicted octanol–water partition coefficient (Wildman–Crippen LogP) is 1.53. The van der Waals surface area contributed by atoms with Crippen LogP contribution in [0.25, 0.3) is 0 Å². The highest BCUT2D eigenvalue weighted by atomic mass is 79.9. The molecule has 1 atom stereocenters. The highest BCUT2D eigenvalue weighted by molar-refractivity contribution is 9.10. The van der Waals surface area contributed by atoms with Gasteiger partial charge in [0.2, 0.25) is 15.0 Å². The van der Waals surface area contributed by atoms with Crippen LogP contribution >= 0.6 is 26.6 Å². The van der Waals surface area contributed by atoms with Gasteiger partial charge in [-0.25, -0.2) is 13.4 Å². The number of methoxy groups -OCH3 is 1. The van der Waals surface area contributed by atoms with Crippen molar-refractivity contribution in [3.05, 3.63) is 16.7 Å². The van der Waals surface area contributed by atoms with Crippen molar-refractivity contribution in [3.63, 3.8) is 0 Å². The molecule has 1 saturated heterocycles. The van der Waals surface area contributed by atoms with Crippen LogP contribution < -0.4 is 9.64 Å². The minimum absolute atomic E-state index is 0.0182. The number of anilines is 1. The third kappa shape index (κ3) is 3.01.